The molecular formula is Cl6PdSn2. The molecule has 0 heterocycles. The summed E-state index contributed by atoms with van der Waals surface area (Å²) < 4.78 is 0. The standard InChI is InChI=1S/6ClH.Pd.2Sn/h6*1H;;;/q;;;;;;;2*+3/p-6. The first-order valence-electron chi connectivity index (χ1n) is 1.13. The molecule has 0 aromatic carbocycles. The Morgan fingerprint density at radius 3 is 0.556 bits per heavy atom. The van der Waals surface area contributed by atoms with Gasteiger partial charge in [-0.25, -0.2) is 0 Å². The maximum absolute atomic E-state index is 5.00. The molecule has 0 rings (SSSR count). The van der Waals surface area contributed by atoms with Crippen LogP contribution in [-0.4, -0.2) is 32.8 Å². The number of rotatable bonds is 0. The molecule has 2 radical (unpaired) electrons. The minimum Gasteiger partial charge on any atom is 0 e. The molecule has 9 heavy (non-hydrogen) atoms. The Morgan fingerprint density at radius 1 is 0.556 bits per heavy atom. The first-order valence-corrected chi connectivity index (χ1v) is 22.8. The fourth-order valence-electron chi connectivity index (χ4n) is 0. The molecule has 0 unspecified atom stereocenters. The van der Waals surface area contributed by atoms with Crippen LogP contribution in [0.25, 0.3) is 0 Å². The molecule has 0 aromatic rings. The van der Waals surface area contributed by atoms with E-state index in [2.05, 4.69) is 0 Å². The van der Waals surface area contributed by atoms with E-state index < -0.39 is 32.8 Å². The van der Waals surface area contributed by atoms with Crippen LogP contribution < -0.4 is 0 Å². The van der Waals surface area contributed by atoms with Crippen molar-refractivity contribution in [3.05, 3.63) is 0 Å². The minimum atomic E-state index is -2.13. The summed E-state index contributed by atoms with van der Waals surface area (Å²) in [6.45, 7) is 0. The quantitative estimate of drug-likeness (QED) is 0.402. The van der Waals surface area contributed by atoms with Crippen molar-refractivity contribution >= 4 is 86.3 Å². The molecule has 0 N–H and O–H groups in total. The summed E-state index contributed by atoms with van der Waals surface area (Å²) in [5.41, 5.74) is 0. The maximum atomic E-state index is 5.00. The Kier molecular flexibility index (Phi) is 30.2. The second-order valence-electron chi connectivity index (χ2n) is 0.429. The fraction of sp³-hybridized carbons (Fsp3) is 0. The fourth-order valence-corrected chi connectivity index (χ4v) is 0. The number of halogens is 6. The van der Waals surface area contributed by atoms with Gasteiger partial charge in [-0.15, -0.1) is 0 Å². The van der Waals surface area contributed by atoms with Crippen LogP contribution in [0.2, 0.25) is 0 Å². The van der Waals surface area contributed by atoms with Gasteiger partial charge < -0.3 is 0 Å². The van der Waals surface area contributed by atoms with Crippen LogP contribution in [0.5, 0.6) is 0 Å². The van der Waals surface area contributed by atoms with Gasteiger partial charge in [0.1, 0.15) is 0 Å². The molecule has 0 aliphatic rings. The van der Waals surface area contributed by atoms with Crippen molar-refractivity contribution in [1.29, 1.82) is 0 Å². The summed E-state index contributed by atoms with van der Waals surface area (Å²) in [7, 11) is 30.0. The van der Waals surface area contributed by atoms with E-state index in [4.69, 9.17) is 53.5 Å². The van der Waals surface area contributed by atoms with Gasteiger partial charge >= 0.3 is 86.3 Å². The van der Waals surface area contributed by atoms with E-state index in [9.17, 15) is 0 Å². The van der Waals surface area contributed by atoms with Crippen LogP contribution in [0.3, 0.4) is 0 Å². The van der Waals surface area contributed by atoms with Gasteiger partial charge in [0.2, 0.25) is 0 Å². The first-order chi connectivity index (χ1) is 3.46. The molecular weight excluding hydrogens is 557 g/mol. The van der Waals surface area contributed by atoms with Crippen LogP contribution in [0.1, 0.15) is 0 Å². The van der Waals surface area contributed by atoms with Gasteiger partial charge in [-0.05, 0) is 0 Å². The molecule has 0 aliphatic heterocycles. The number of hydrogen-bond acceptors (Lipinski definition) is 0. The van der Waals surface area contributed by atoms with Crippen LogP contribution >= 0.6 is 53.5 Å². The van der Waals surface area contributed by atoms with Crippen molar-refractivity contribution in [2.45, 2.75) is 0 Å². The second kappa shape index (κ2) is 14.5. The predicted molar refractivity (Wildman–Crippen MR) is 46.6 cm³/mol. The van der Waals surface area contributed by atoms with E-state index in [0.29, 0.717) is 0 Å². The third-order valence-electron chi connectivity index (χ3n) is 0. The van der Waals surface area contributed by atoms with Crippen molar-refractivity contribution in [3.8, 4) is 0 Å². The van der Waals surface area contributed by atoms with E-state index in [1.807, 2.05) is 0 Å². The predicted octanol–water partition coefficient (Wildman–Crippen LogP) is 3.37. The van der Waals surface area contributed by atoms with E-state index in [0.717, 1.165) is 0 Å². The third-order valence-corrected chi connectivity index (χ3v) is 0. The molecule has 0 aliphatic carbocycles. The molecule has 0 aromatic heterocycles. The van der Waals surface area contributed by atoms with Crippen LogP contribution in [-0.2, 0) is 20.4 Å². The molecule has 0 bridgehead atoms. The van der Waals surface area contributed by atoms with E-state index in [-0.39, 0.29) is 20.4 Å². The van der Waals surface area contributed by atoms with E-state index >= 15 is 0 Å². The third kappa shape index (κ3) is 75.0. The zero-order chi connectivity index (χ0) is 7.15. The molecule has 0 nitrogen and oxygen atoms in total. The van der Waals surface area contributed by atoms with Crippen LogP contribution in [0, 0.1) is 0 Å². The van der Waals surface area contributed by atoms with E-state index in [1.165, 1.54) is 0 Å². The molecule has 0 spiro atoms. The van der Waals surface area contributed by atoms with Crippen molar-refractivity contribution in [2.24, 2.45) is 0 Å². The van der Waals surface area contributed by atoms with Crippen molar-refractivity contribution < 1.29 is 20.4 Å². The summed E-state index contributed by atoms with van der Waals surface area (Å²) in [4.78, 5) is 0. The Hall–Kier alpha value is 4.00. The molecule has 0 amide bonds. The minimum absolute atomic E-state index is 0. The van der Waals surface area contributed by atoms with Gasteiger partial charge in [0.25, 0.3) is 0 Å². The van der Waals surface area contributed by atoms with Crippen molar-refractivity contribution in [3.63, 3.8) is 0 Å². The molecule has 0 fully saturated rings. The average molecular weight is 557 g/mol. The summed E-state index contributed by atoms with van der Waals surface area (Å²) in [5.74, 6) is 0. The summed E-state index contributed by atoms with van der Waals surface area (Å²) >= 11 is -4.25. The maximum Gasteiger partial charge on any atom is 0 e. The Bertz CT molecular complexity index is 26.5. The van der Waals surface area contributed by atoms with Gasteiger partial charge in [-0.1, -0.05) is 0 Å². The van der Waals surface area contributed by atoms with E-state index in [1.54, 1.807) is 0 Å². The van der Waals surface area contributed by atoms with Gasteiger partial charge in [-0.2, -0.15) is 0 Å². The van der Waals surface area contributed by atoms with Crippen molar-refractivity contribution in [2.75, 3.05) is 0 Å². The molecule has 0 saturated heterocycles. The first kappa shape index (κ1) is 18.7. The monoisotopic (exact) mass is 556 g/mol. The summed E-state index contributed by atoms with van der Waals surface area (Å²) in [5, 5.41) is 0. The normalized spacial score (nSPS) is 8.00. The molecule has 0 atom stereocenters. The zero-order valence-electron chi connectivity index (χ0n) is 3.58. The molecule has 60 valence electrons. The largest absolute Gasteiger partial charge is 0 e. The van der Waals surface area contributed by atoms with Crippen LogP contribution in [0.15, 0.2) is 0 Å². The average Bonchev–Trinajstić information content (AvgIpc) is 1.25. The van der Waals surface area contributed by atoms with Crippen molar-refractivity contribution in [1.82, 2.24) is 0 Å². The van der Waals surface area contributed by atoms with Gasteiger partial charge in [-0.3, -0.25) is 0 Å². The smallest absolute Gasteiger partial charge is 0 e. The van der Waals surface area contributed by atoms with Crippen LogP contribution in [0.4, 0.5) is 0 Å². The topological polar surface area (TPSA) is 0 Å². The Morgan fingerprint density at radius 2 is 0.556 bits per heavy atom. The molecule has 0 saturated carbocycles. The second-order valence-corrected chi connectivity index (χ2v) is 25.9. The summed E-state index contributed by atoms with van der Waals surface area (Å²) in [6, 6.07) is 0. The Labute approximate surface area is 104 Å². The summed E-state index contributed by atoms with van der Waals surface area (Å²) in [6.07, 6.45) is 0. The van der Waals surface area contributed by atoms with Gasteiger partial charge in [0.15, 0.2) is 0 Å². The van der Waals surface area contributed by atoms with Gasteiger partial charge in [0, 0.05) is 20.4 Å². The Balaban J connectivity index is -0.0000000720. The zero-order valence-corrected chi connectivity index (χ0v) is 15.4. The number of hydrogen-bond donors (Lipinski definition) is 0. The molecule has 9 heteroatoms. The van der Waals surface area contributed by atoms with Gasteiger partial charge in [0.05, 0.1) is 0 Å². The SMILES string of the molecule is [Cl][Sn]([Cl])[Cl].[Cl][Sn]([Cl])[Cl].[Pd].